The van der Waals surface area contributed by atoms with Crippen molar-refractivity contribution in [3.8, 4) is 0 Å². The normalized spacial score (nSPS) is 12.7. The molecule has 4 nitrogen and oxygen atoms in total. The van der Waals surface area contributed by atoms with Gasteiger partial charge in [0.25, 0.3) is 0 Å². The van der Waals surface area contributed by atoms with E-state index >= 15 is 0 Å². The Morgan fingerprint density at radius 1 is 1.47 bits per heavy atom. The minimum absolute atomic E-state index is 0.613. The van der Waals surface area contributed by atoms with Crippen molar-refractivity contribution in [2.75, 3.05) is 0 Å². The highest BCUT2D eigenvalue weighted by atomic mass is 79.9. The molecule has 1 atom stereocenters. The lowest BCUT2D eigenvalue weighted by atomic mass is 10.2. The van der Waals surface area contributed by atoms with E-state index in [-0.39, 0.29) is 0 Å². The first-order valence-corrected chi connectivity index (χ1v) is 5.26. The Hall–Kier alpha value is -1.20. The van der Waals surface area contributed by atoms with Gasteiger partial charge in [-0.1, -0.05) is 6.07 Å². The molecule has 0 radical (unpaired) electrons. The minimum atomic E-state index is -0.756. The number of hydrogen-bond donors (Lipinski definition) is 1. The number of aliphatic hydroxyl groups is 1. The van der Waals surface area contributed by atoms with Crippen molar-refractivity contribution in [1.29, 1.82) is 0 Å². The molecule has 0 bridgehead atoms. The molecule has 1 unspecified atom stereocenters. The third-order valence-electron chi connectivity index (χ3n) is 2.16. The third-order valence-corrected chi connectivity index (χ3v) is 2.78. The summed E-state index contributed by atoms with van der Waals surface area (Å²) >= 11 is 3.34. The zero-order chi connectivity index (χ0) is 10.8. The monoisotopic (exact) mass is 267 g/mol. The summed E-state index contributed by atoms with van der Waals surface area (Å²) in [6, 6.07) is 5.44. The van der Waals surface area contributed by atoms with E-state index in [2.05, 4.69) is 26.0 Å². The molecule has 0 amide bonds. The molecule has 5 heteroatoms. The molecule has 0 spiro atoms. The van der Waals surface area contributed by atoms with Crippen LogP contribution in [0.25, 0.3) is 0 Å². The van der Waals surface area contributed by atoms with Gasteiger partial charge in [-0.2, -0.15) is 5.10 Å². The van der Waals surface area contributed by atoms with Crippen molar-refractivity contribution in [2.45, 2.75) is 6.10 Å². The molecule has 15 heavy (non-hydrogen) atoms. The fourth-order valence-corrected chi connectivity index (χ4v) is 1.97. The largest absolute Gasteiger partial charge is 0.380 e. The van der Waals surface area contributed by atoms with Crippen molar-refractivity contribution < 1.29 is 5.11 Å². The predicted molar refractivity (Wildman–Crippen MR) is 59.2 cm³/mol. The van der Waals surface area contributed by atoms with Crippen LogP contribution in [0.3, 0.4) is 0 Å². The summed E-state index contributed by atoms with van der Waals surface area (Å²) in [4.78, 5) is 4.10. The molecule has 2 rings (SSSR count). The van der Waals surface area contributed by atoms with Crippen LogP contribution in [-0.2, 0) is 7.05 Å². The Labute approximate surface area is 95.7 Å². The number of halogens is 1. The van der Waals surface area contributed by atoms with Gasteiger partial charge in [0, 0.05) is 13.2 Å². The Kier molecular flexibility index (Phi) is 2.83. The van der Waals surface area contributed by atoms with Crippen molar-refractivity contribution >= 4 is 15.9 Å². The molecular weight excluding hydrogens is 258 g/mol. The fourth-order valence-electron chi connectivity index (χ4n) is 1.41. The number of aromatic nitrogens is 3. The van der Waals surface area contributed by atoms with E-state index in [1.54, 1.807) is 30.2 Å². The highest BCUT2D eigenvalue weighted by Crippen LogP contribution is 2.26. The second-order valence-corrected chi connectivity index (χ2v) is 4.01. The first-order valence-electron chi connectivity index (χ1n) is 4.46. The first kappa shape index (κ1) is 10.3. The summed E-state index contributed by atoms with van der Waals surface area (Å²) in [6.45, 7) is 0. The molecule has 0 aliphatic rings. The molecule has 2 aromatic rings. The van der Waals surface area contributed by atoms with E-state index in [1.807, 2.05) is 12.1 Å². The average Bonchev–Trinajstić information content (AvgIpc) is 2.59. The second-order valence-electron chi connectivity index (χ2n) is 3.16. The van der Waals surface area contributed by atoms with E-state index < -0.39 is 6.10 Å². The molecule has 0 aliphatic heterocycles. The SMILES string of the molecule is Cn1ncc(Br)c1C(O)c1ccccn1. The number of aryl methyl sites for hydroxylation is 1. The van der Waals surface area contributed by atoms with Crippen LogP contribution in [0.15, 0.2) is 35.1 Å². The molecular formula is C10H10BrN3O. The van der Waals surface area contributed by atoms with Crippen LogP contribution in [0.5, 0.6) is 0 Å². The molecule has 78 valence electrons. The van der Waals surface area contributed by atoms with Gasteiger partial charge in [0.2, 0.25) is 0 Å². The Morgan fingerprint density at radius 2 is 2.27 bits per heavy atom. The highest BCUT2D eigenvalue weighted by Gasteiger charge is 2.18. The molecule has 0 aromatic carbocycles. The summed E-state index contributed by atoms with van der Waals surface area (Å²) < 4.78 is 2.41. The summed E-state index contributed by atoms with van der Waals surface area (Å²) in [5.41, 5.74) is 1.32. The molecule has 0 fully saturated rings. The van der Waals surface area contributed by atoms with Gasteiger partial charge in [0.1, 0.15) is 6.10 Å². The van der Waals surface area contributed by atoms with Gasteiger partial charge in [0.15, 0.2) is 0 Å². The van der Waals surface area contributed by atoms with Crippen molar-refractivity contribution in [2.24, 2.45) is 7.05 Å². The van der Waals surface area contributed by atoms with Gasteiger partial charge in [-0.05, 0) is 28.1 Å². The zero-order valence-electron chi connectivity index (χ0n) is 8.13. The third kappa shape index (κ3) is 1.93. The highest BCUT2D eigenvalue weighted by molar-refractivity contribution is 9.10. The van der Waals surface area contributed by atoms with Gasteiger partial charge in [-0.25, -0.2) is 0 Å². The maximum Gasteiger partial charge on any atom is 0.139 e. The molecule has 2 aromatic heterocycles. The van der Waals surface area contributed by atoms with E-state index in [9.17, 15) is 5.11 Å². The molecule has 1 N–H and O–H groups in total. The van der Waals surface area contributed by atoms with E-state index in [0.29, 0.717) is 11.4 Å². The minimum Gasteiger partial charge on any atom is -0.380 e. The second kappa shape index (κ2) is 4.12. The van der Waals surface area contributed by atoms with Crippen LogP contribution in [0.2, 0.25) is 0 Å². The number of nitrogens with zero attached hydrogens (tertiary/aromatic N) is 3. The number of aliphatic hydroxyl groups excluding tert-OH is 1. The predicted octanol–water partition coefficient (Wildman–Crippen LogP) is 1.66. The Balaban J connectivity index is 2.41. The van der Waals surface area contributed by atoms with Crippen LogP contribution < -0.4 is 0 Å². The average molecular weight is 268 g/mol. The van der Waals surface area contributed by atoms with E-state index in [4.69, 9.17) is 0 Å². The van der Waals surface area contributed by atoms with E-state index in [1.165, 1.54) is 0 Å². The number of pyridine rings is 1. The Bertz CT molecular complexity index is 435. The van der Waals surface area contributed by atoms with Crippen LogP contribution in [0.1, 0.15) is 17.5 Å². The van der Waals surface area contributed by atoms with Gasteiger partial charge < -0.3 is 5.11 Å². The van der Waals surface area contributed by atoms with Crippen LogP contribution in [0.4, 0.5) is 0 Å². The van der Waals surface area contributed by atoms with Gasteiger partial charge in [0.05, 0.1) is 22.1 Å². The number of rotatable bonds is 2. The van der Waals surface area contributed by atoms with Crippen LogP contribution in [0, 0.1) is 0 Å². The van der Waals surface area contributed by atoms with Crippen LogP contribution in [-0.4, -0.2) is 19.9 Å². The van der Waals surface area contributed by atoms with Crippen molar-refractivity contribution in [3.63, 3.8) is 0 Å². The topological polar surface area (TPSA) is 50.9 Å². The molecule has 2 heterocycles. The Morgan fingerprint density at radius 3 is 2.80 bits per heavy atom. The molecule has 0 saturated heterocycles. The lowest BCUT2D eigenvalue weighted by Crippen LogP contribution is -2.08. The quantitative estimate of drug-likeness (QED) is 0.901. The zero-order valence-corrected chi connectivity index (χ0v) is 9.72. The van der Waals surface area contributed by atoms with Gasteiger partial charge in [-0.15, -0.1) is 0 Å². The maximum atomic E-state index is 10.1. The summed E-state index contributed by atoms with van der Waals surface area (Å²) in [6.07, 6.45) is 2.55. The van der Waals surface area contributed by atoms with Crippen molar-refractivity contribution in [1.82, 2.24) is 14.8 Å². The molecule has 0 saturated carbocycles. The summed E-state index contributed by atoms with van der Waals surface area (Å²) in [5, 5.41) is 14.1. The van der Waals surface area contributed by atoms with Crippen molar-refractivity contribution in [3.05, 3.63) is 46.5 Å². The lowest BCUT2D eigenvalue weighted by Gasteiger charge is -2.10. The summed E-state index contributed by atoms with van der Waals surface area (Å²) in [7, 11) is 1.78. The van der Waals surface area contributed by atoms with Gasteiger partial charge >= 0.3 is 0 Å². The first-order chi connectivity index (χ1) is 7.20. The smallest absolute Gasteiger partial charge is 0.139 e. The van der Waals surface area contributed by atoms with Crippen LogP contribution >= 0.6 is 15.9 Å². The summed E-state index contributed by atoms with van der Waals surface area (Å²) in [5.74, 6) is 0. The molecule has 0 aliphatic carbocycles. The number of hydrogen-bond acceptors (Lipinski definition) is 3. The van der Waals surface area contributed by atoms with Gasteiger partial charge in [-0.3, -0.25) is 9.67 Å². The lowest BCUT2D eigenvalue weighted by molar-refractivity contribution is 0.204. The van der Waals surface area contributed by atoms with E-state index in [0.717, 1.165) is 4.47 Å². The standard InChI is InChI=1S/C10H10BrN3O/c1-14-9(7(11)6-13-14)10(15)8-4-2-3-5-12-8/h2-6,10,15H,1H3. The maximum absolute atomic E-state index is 10.1. The fraction of sp³-hybridized carbons (Fsp3) is 0.200.